The Hall–Kier alpha value is -1.75. The fraction of sp³-hybridized carbons (Fsp3) is 0.176. The molecule has 0 aromatic heterocycles. The highest BCUT2D eigenvalue weighted by Gasteiger charge is 2.20. The van der Waals surface area contributed by atoms with Crippen LogP contribution in [0.25, 0.3) is 0 Å². The van der Waals surface area contributed by atoms with E-state index in [1.807, 2.05) is 0 Å². The summed E-state index contributed by atoms with van der Waals surface area (Å²) in [6.45, 7) is 0. The lowest BCUT2D eigenvalue weighted by Crippen LogP contribution is -2.32. The van der Waals surface area contributed by atoms with Gasteiger partial charge in [-0.15, -0.1) is 0 Å². The second-order valence-corrected chi connectivity index (χ2v) is 6.50. The number of halogens is 3. The van der Waals surface area contributed by atoms with Crippen LogP contribution in [0.4, 0.5) is 5.69 Å². The van der Waals surface area contributed by atoms with Crippen molar-refractivity contribution < 1.29 is 14.7 Å². The van der Waals surface area contributed by atoms with Crippen molar-refractivity contribution in [1.82, 2.24) is 0 Å². The molecule has 0 spiro atoms. The number of carbonyl (C=O) groups is 2. The third kappa shape index (κ3) is 5.41. The lowest BCUT2D eigenvalue weighted by Gasteiger charge is -2.18. The molecule has 0 fully saturated rings. The van der Waals surface area contributed by atoms with E-state index in [9.17, 15) is 14.7 Å². The van der Waals surface area contributed by atoms with Crippen molar-refractivity contribution in [3.8, 4) is 0 Å². The van der Waals surface area contributed by atoms with E-state index in [1.165, 1.54) is 6.07 Å². The SMILES string of the molecule is O=C([O-])C[C@H](Cc1ccc(Cl)cc1)C(=O)Nc1cc(Cl)ccc1Cl. The van der Waals surface area contributed by atoms with Gasteiger partial charge in [0.25, 0.3) is 0 Å². The van der Waals surface area contributed by atoms with Crippen molar-refractivity contribution in [2.45, 2.75) is 12.8 Å². The van der Waals surface area contributed by atoms with Crippen LogP contribution in [0.5, 0.6) is 0 Å². The van der Waals surface area contributed by atoms with Crippen LogP contribution in [-0.2, 0) is 16.0 Å². The molecular weight excluding hydrogens is 373 g/mol. The third-order valence-electron chi connectivity index (χ3n) is 3.37. The molecule has 2 aromatic rings. The van der Waals surface area contributed by atoms with Crippen LogP contribution in [0, 0.1) is 5.92 Å². The molecule has 2 aromatic carbocycles. The average Bonchev–Trinajstić information content (AvgIpc) is 2.52. The van der Waals surface area contributed by atoms with Gasteiger partial charge in [-0.05, 0) is 48.7 Å². The molecule has 126 valence electrons. The zero-order valence-corrected chi connectivity index (χ0v) is 14.7. The van der Waals surface area contributed by atoms with E-state index < -0.39 is 24.2 Å². The summed E-state index contributed by atoms with van der Waals surface area (Å²) in [6.07, 6.45) is -0.179. The maximum absolute atomic E-state index is 12.5. The first-order chi connectivity index (χ1) is 11.3. The van der Waals surface area contributed by atoms with Crippen molar-refractivity contribution in [2.75, 3.05) is 5.32 Å². The Kier molecular flexibility index (Phi) is 6.49. The van der Waals surface area contributed by atoms with Crippen LogP contribution in [0.15, 0.2) is 42.5 Å². The van der Waals surface area contributed by atoms with Crippen LogP contribution >= 0.6 is 34.8 Å². The molecule has 1 amide bonds. The Morgan fingerprint density at radius 1 is 1.00 bits per heavy atom. The summed E-state index contributed by atoms with van der Waals surface area (Å²) in [5, 5.41) is 14.9. The number of hydrogen-bond donors (Lipinski definition) is 1. The molecule has 4 nitrogen and oxygen atoms in total. The average molecular weight is 386 g/mol. The molecule has 0 aliphatic carbocycles. The van der Waals surface area contributed by atoms with Gasteiger partial charge in [-0.1, -0.05) is 46.9 Å². The van der Waals surface area contributed by atoms with E-state index in [1.54, 1.807) is 36.4 Å². The predicted octanol–water partition coefficient (Wildman–Crippen LogP) is 3.58. The zero-order chi connectivity index (χ0) is 17.7. The molecule has 0 unspecified atom stereocenters. The maximum atomic E-state index is 12.5. The Morgan fingerprint density at radius 2 is 1.62 bits per heavy atom. The zero-order valence-electron chi connectivity index (χ0n) is 12.4. The van der Waals surface area contributed by atoms with Crippen molar-refractivity contribution in [3.05, 3.63) is 63.1 Å². The minimum absolute atomic E-state index is 0.231. The molecule has 24 heavy (non-hydrogen) atoms. The molecule has 0 saturated heterocycles. The van der Waals surface area contributed by atoms with E-state index in [4.69, 9.17) is 34.8 Å². The molecule has 0 radical (unpaired) electrons. The van der Waals surface area contributed by atoms with Crippen LogP contribution in [0.2, 0.25) is 15.1 Å². The van der Waals surface area contributed by atoms with Gasteiger partial charge in [0.2, 0.25) is 5.91 Å². The van der Waals surface area contributed by atoms with Gasteiger partial charge in [-0.2, -0.15) is 0 Å². The number of benzene rings is 2. The quantitative estimate of drug-likeness (QED) is 0.826. The Bertz CT molecular complexity index is 747. The standard InChI is InChI=1S/C17H14Cl3NO3/c18-12-3-1-10(2-4-12)7-11(8-16(22)23)17(24)21-15-9-13(19)5-6-14(15)20/h1-6,9,11H,7-8H2,(H,21,24)(H,22,23)/p-1/t11-/m0/s1. The van der Waals surface area contributed by atoms with Gasteiger partial charge in [-0.3, -0.25) is 4.79 Å². The van der Waals surface area contributed by atoms with Gasteiger partial charge in [-0.25, -0.2) is 0 Å². The number of carbonyl (C=O) groups excluding carboxylic acids is 2. The summed E-state index contributed by atoms with van der Waals surface area (Å²) in [5.74, 6) is -2.59. The molecule has 1 N–H and O–H groups in total. The van der Waals surface area contributed by atoms with Gasteiger partial charge in [0.1, 0.15) is 0 Å². The van der Waals surface area contributed by atoms with E-state index in [-0.39, 0.29) is 6.42 Å². The second-order valence-electron chi connectivity index (χ2n) is 5.22. The highest BCUT2D eigenvalue weighted by atomic mass is 35.5. The van der Waals surface area contributed by atoms with E-state index in [0.29, 0.717) is 20.8 Å². The highest BCUT2D eigenvalue weighted by Crippen LogP contribution is 2.26. The number of aliphatic carboxylic acids is 1. The lowest BCUT2D eigenvalue weighted by atomic mass is 9.95. The topological polar surface area (TPSA) is 69.2 Å². The Balaban J connectivity index is 2.16. The summed E-state index contributed by atoms with van der Waals surface area (Å²) >= 11 is 17.7. The number of amides is 1. The van der Waals surface area contributed by atoms with Crippen molar-refractivity contribution in [3.63, 3.8) is 0 Å². The summed E-state index contributed by atoms with van der Waals surface area (Å²) in [7, 11) is 0. The predicted molar refractivity (Wildman–Crippen MR) is 93.4 cm³/mol. The molecule has 0 saturated carbocycles. The number of nitrogens with one attached hydrogen (secondary N) is 1. The van der Waals surface area contributed by atoms with E-state index >= 15 is 0 Å². The first-order valence-electron chi connectivity index (χ1n) is 7.05. The lowest BCUT2D eigenvalue weighted by molar-refractivity contribution is -0.306. The van der Waals surface area contributed by atoms with Crippen molar-refractivity contribution >= 4 is 52.4 Å². The van der Waals surface area contributed by atoms with Crippen LogP contribution in [-0.4, -0.2) is 11.9 Å². The summed E-state index contributed by atoms with van der Waals surface area (Å²) in [5.41, 5.74) is 1.12. The molecule has 0 bridgehead atoms. The van der Waals surface area contributed by atoms with E-state index in [0.717, 1.165) is 5.56 Å². The number of rotatable bonds is 6. The number of carboxylic acid groups (broad SMARTS) is 1. The monoisotopic (exact) mass is 384 g/mol. The summed E-state index contributed by atoms with van der Waals surface area (Å²) in [6, 6.07) is 11.5. The maximum Gasteiger partial charge on any atom is 0.228 e. The molecule has 0 aliphatic rings. The van der Waals surface area contributed by atoms with Crippen molar-refractivity contribution in [2.24, 2.45) is 5.92 Å². The molecular formula is C17H13Cl3NO3-. The van der Waals surface area contributed by atoms with Gasteiger partial charge >= 0.3 is 0 Å². The fourth-order valence-electron chi connectivity index (χ4n) is 2.19. The molecule has 7 heteroatoms. The van der Waals surface area contributed by atoms with Gasteiger partial charge in [0.05, 0.1) is 10.7 Å². The summed E-state index contributed by atoms with van der Waals surface area (Å²) < 4.78 is 0. The molecule has 1 atom stereocenters. The first-order valence-corrected chi connectivity index (χ1v) is 8.18. The minimum atomic E-state index is -1.30. The van der Waals surface area contributed by atoms with Crippen molar-refractivity contribution in [1.29, 1.82) is 0 Å². The Labute approximate surface area is 154 Å². The molecule has 0 aliphatic heterocycles. The largest absolute Gasteiger partial charge is 0.550 e. The Morgan fingerprint density at radius 3 is 2.25 bits per heavy atom. The second kappa shape index (κ2) is 8.38. The normalized spacial score (nSPS) is 11.8. The number of hydrogen-bond acceptors (Lipinski definition) is 3. The third-order valence-corrected chi connectivity index (χ3v) is 4.18. The van der Waals surface area contributed by atoms with Gasteiger partial charge in [0.15, 0.2) is 0 Å². The van der Waals surface area contributed by atoms with Gasteiger partial charge in [0, 0.05) is 21.9 Å². The fourth-order valence-corrected chi connectivity index (χ4v) is 2.65. The van der Waals surface area contributed by atoms with Gasteiger partial charge < -0.3 is 15.2 Å². The molecule has 2 rings (SSSR count). The molecule has 0 heterocycles. The number of carboxylic acids is 1. The highest BCUT2D eigenvalue weighted by molar-refractivity contribution is 6.35. The van der Waals surface area contributed by atoms with E-state index in [2.05, 4.69) is 5.32 Å². The smallest absolute Gasteiger partial charge is 0.228 e. The summed E-state index contributed by atoms with van der Waals surface area (Å²) in [4.78, 5) is 23.4. The first kappa shape index (κ1) is 18.6. The minimum Gasteiger partial charge on any atom is -0.550 e. The van der Waals surface area contributed by atoms with Crippen LogP contribution in [0.1, 0.15) is 12.0 Å². The number of anilines is 1. The van der Waals surface area contributed by atoms with Crippen LogP contribution in [0.3, 0.4) is 0 Å². The van der Waals surface area contributed by atoms with Crippen LogP contribution < -0.4 is 10.4 Å².